The van der Waals surface area contributed by atoms with Gasteiger partial charge in [0.25, 0.3) is 5.56 Å². The van der Waals surface area contributed by atoms with E-state index in [1.165, 1.54) is 0 Å². The van der Waals surface area contributed by atoms with Crippen molar-refractivity contribution in [2.75, 3.05) is 0 Å². The monoisotopic (exact) mass is 269 g/mol. The van der Waals surface area contributed by atoms with Crippen LogP contribution < -0.4 is 11.1 Å². The molecule has 0 atom stereocenters. The van der Waals surface area contributed by atoms with E-state index in [1.807, 2.05) is 26.1 Å². The Morgan fingerprint density at radius 3 is 2.70 bits per heavy atom. The van der Waals surface area contributed by atoms with Gasteiger partial charge in [0, 0.05) is 36.1 Å². The van der Waals surface area contributed by atoms with E-state index in [9.17, 15) is 9.59 Å². The van der Waals surface area contributed by atoms with Crippen LogP contribution in [0.2, 0.25) is 0 Å². The normalized spacial score (nSPS) is 11.1. The number of hydrogen-bond acceptors (Lipinski definition) is 2. The van der Waals surface area contributed by atoms with Crippen molar-refractivity contribution in [2.24, 2.45) is 0 Å². The third-order valence-electron chi connectivity index (χ3n) is 3.42. The van der Waals surface area contributed by atoms with Gasteiger partial charge in [-0.25, -0.2) is 0 Å². The Hall–Kier alpha value is -2.56. The first-order valence-corrected chi connectivity index (χ1v) is 6.52. The van der Waals surface area contributed by atoms with Crippen LogP contribution in [0.1, 0.15) is 12.6 Å². The number of aromatic nitrogens is 3. The highest BCUT2D eigenvalue weighted by molar-refractivity contribution is 5.92. The molecule has 0 bridgehead atoms. The number of hydrogen-bond donors (Lipinski definition) is 2. The number of nitrogens with zero attached hydrogens (tertiary/aromatic N) is 1. The molecule has 3 aromatic heterocycles. The van der Waals surface area contributed by atoms with Crippen molar-refractivity contribution in [3.8, 4) is 11.1 Å². The van der Waals surface area contributed by atoms with Gasteiger partial charge < -0.3 is 14.5 Å². The smallest absolute Gasteiger partial charge is 0.251 e. The van der Waals surface area contributed by atoms with Crippen LogP contribution in [0.5, 0.6) is 0 Å². The van der Waals surface area contributed by atoms with Gasteiger partial charge in [-0.1, -0.05) is 0 Å². The molecule has 3 heterocycles. The summed E-state index contributed by atoms with van der Waals surface area (Å²) in [4.78, 5) is 29.5. The van der Waals surface area contributed by atoms with E-state index in [1.54, 1.807) is 22.8 Å². The predicted octanol–water partition coefficient (Wildman–Crippen LogP) is 2.01. The fourth-order valence-electron chi connectivity index (χ4n) is 2.58. The lowest BCUT2D eigenvalue weighted by molar-refractivity contribution is 0.761. The minimum absolute atomic E-state index is 0.0394. The first kappa shape index (κ1) is 12.5. The molecule has 0 saturated carbocycles. The molecule has 2 N–H and O–H groups in total. The molecule has 0 amide bonds. The average Bonchev–Trinajstić information content (AvgIpc) is 2.81. The van der Waals surface area contributed by atoms with Gasteiger partial charge in [0.05, 0.1) is 11.0 Å². The maximum atomic E-state index is 12.0. The Morgan fingerprint density at radius 2 is 2.00 bits per heavy atom. The van der Waals surface area contributed by atoms with E-state index in [-0.39, 0.29) is 11.1 Å². The first-order valence-electron chi connectivity index (χ1n) is 6.52. The average molecular weight is 269 g/mol. The zero-order chi connectivity index (χ0) is 14.3. The summed E-state index contributed by atoms with van der Waals surface area (Å²) in [6.45, 7) is 4.36. The van der Waals surface area contributed by atoms with Crippen LogP contribution in [-0.2, 0) is 6.54 Å². The van der Waals surface area contributed by atoms with Crippen LogP contribution in [0.25, 0.3) is 22.2 Å². The van der Waals surface area contributed by atoms with Gasteiger partial charge in [0.15, 0.2) is 0 Å². The molecule has 0 radical (unpaired) electrons. The summed E-state index contributed by atoms with van der Waals surface area (Å²) in [6.07, 6.45) is 1.84. The maximum Gasteiger partial charge on any atom is 0.251 e. The molecule has 0 aromatic carbocycles. The quantitative estimate of drug-likeness (QED) is 0.747. The van der Waals surface area contributed by atoms with E-state index in [2.05, 4.69) is 9.97 Å². The van der Waals surface area contributed by atoms with Crippen LogP contribution in [0.15, 0.2) is 40.1 Å². The first-order chi connectivity index (χ1) is 9.60. The fraction of sp³-hybridized carbons (Fsp3) is 0.200. The minimum Gasteiger partial charge on any atom is -0.359 e. The largest absolute Gasteiger partial charge is 0.359 e. The van der Waals surface area contributed by atoms with Crippen LogP contribution in [0, 0.1) is 6.92 Å². The van der Waals surface area contributed by atoms with E-state index in [0.29, 0.717) is 6.54 Å². The molecular formula is C15H15N3O2. The highest BCUT2D eigenvalue weighted by atomic mass is 16.1. The summed E-state index contributed by atoms with van der Waals surface area (Å²) < 4.78 is 1.71. The number of fused-ring (bicyclic) bond motifs is 1. The standard InChI is InChI=1S/C15H15N3O2/c1-3-18-14(20)5-4-12-15(18)11(8-16-12)10-6-9(2)17-13(19)7-10/h4-8,16H,3H2,1-2H3,(H,17,19). The molecule has 20 heavy (non-hydrogen) atoms. The van der Waals surface area contributed by atoms with Gasteiger partial charge in [0.2, 0.25) is 5.56 Å². The lowest BCUT2D eigenvalue weighted by Gasteiger charge is -2.07. The number of H-pyrrole nitrogens is 2. The van der Waals surface area contributed by atoms with Crippen molar-refractivity contribution >= 4 is 11.0 Å². The summed E-state index contributed by atoms with van der Waals surface area (Å²) in [5.41, 5.74) is 4.02. The minimum atomic E-state index is -0.143. The van der Waals surface area contributed by atoms with Crippen LogP contribution in [0.3, 0.4) is 0 Å². The second kappa shape index (κ2) is 4.52. The van der Waals surface area contributed by atoms with Crippen molar-refractivity contribution in [1.29, 1.82) is 0 Å². The van der Waals surface area contributed by atoms with Crippen LogP contribution in [0.4, 0.5) is 0 Å². The molecule has 3 aromatic rings. The summed E-state index contributed by atoms with van der Waals surface area (Å²) in [7, 11) is 0. The summed E-state index contributed by atoms with van der Waals surface area (Å²) >= 11 is 0. The van der Waals surface area contributed by atoms with Gasteiger partial charge in [-0.15, -0.1) is 0 Å². The summed E-state index contributed by atoms with van der Waals surface area (Å²) in [5.74, 6) is 0. The number of nitrogens with one attached hydrogen (secondary N) is 2. The maximum absolute atomic E-state index is 12.0. The summed E-state index contributed by atoms with van der Waals surface area (Å²) in [5, 5.41) is 0. The molecular weight excluding hydrogens is 254 g/mol. The van der Waals surface area contributed by atoms with Gasteiger partial charge >= 0.3 is 0 Å². The van der Waals surface area contributed by atoms with E-state index < -0.39 is 0 Å². The van der Waals surface area contributed by atoms with E-state index >= 15 is 0 Å². The molecule has 0 spiro atoms. The third kappa shape index (κ3) is 1.87. The summed E-state index contributed by atoms with van der Waals surface area (Å²) in [6, 6.07) is 6.77. The third-order valence-corrected chi connectivity index (χ3v) is 3.42. The Kier molecular flexibility index (Phi) is 2.82. The van der Waals surface area contributed by atoms with Crippen molar-refractivity contribution in [2.45, 2.75) is 20.4 Å². The van der Waals surface area contributed by atoms with E-state index in [0.717, 1.165) is 27.9 Å². The topological polar surface area (TPSA) is 70.7 Å². The second-order valence-corrected chi connectivity index (χ2v) is 4.80. The molecule has 0 saturated heterocycles. The Morgan fingerprint density at radius 1 is 1.20 bits per heavy atom. The van der Waals surface area contributed by atoms with Crippen molar-refractivity contribution in [3.05, 3.63) is 56.9 Å². The SMILES string of the molecule is CCn1c(=O)ccc2[nH]cc(-c3cc(C)[nH]c(=O)c3)c21. The van der Waals surface area contributed by atoms with Crippen LogP contribution in [-0.4, -0.2) is 14.5 Å². The van der Waals surface area contributed by atoms with Gasteiger partial charge in [-0.3, -0.25) is 9.59 Å². The Balaban J connectivity index is 2.40. The second-order valence-electron chi connectivity index (χ2n) is 4.80. The van der Waals surface area contributed by atoms with Gasteiger partial charge in [-0.2, -0.15) is 0 Å². The zero-order valence-corrected chi connectivity index (χ0v) is 11.4. The van der Waals surface area contributed by atoms with E-state index in [4.69, 9.17) is 0 Å². The van der Waals surface area contributed by atoms with Crippen LogP contribution >= 0.6 is 0 Å². The number of pyridine rings is 2. The number of aryl methyl sites for hydroxylation is 2. The van der Waals surface area contributed by atoms with Crippen molar-refractivity contribution in [1.82, 2.24) is 14.5 Å². The van der Waals surface area contributed by atoms with Crippen molar-refractivity contribution < 1.29 is 0 Å². The molecule has 0 aliphatic rings. The highest BCUT2D eigenvalue weighted by Crippen LogP contribution is 2.27. The fourth-order valence-corrected chi connectivity index (χ4v) is 2.58. The Labute approximate surface area is 114 Å². The molecule has 0 aliphatic heterocycles. The molecule has 5 nitrogen and oxygen atoms in total. The molecule has 0 fully saturated rings. The van der Waals surface area contributed by atoms with Gasteiger partial charge in [0.1, 0.15) is 0 Å². The number of rotatable bonds is 2. The number of aromatic amines is 2. The molecule has 3 rings (SSSR count). The Bertz CT molecular complexity index is 899. The lowest BCUT2D eigenvalue weighted by Crippen LogP contribution is -2.18. The lowest BCUT2D eigenvalue weighted by atomic mass is 10.1. The zero-order valence-electron chi connectivity index (χ0n) is 11.4. The molecule has 0 unspecified atom stereocenters. The highest BCUT2D eigenvalue weighted by Gasteiger charge is 2.11. The molecule has 102 valence electrons. The molecule has 5 heteroatoms. The molecule has 0 aliphatic carbocycles. The van der Waals surface area contributed by atoms with Crippen molar-refractivity contribution in [3.63, 3.8) is 0 Å². The predicted molar refractivity (Wildman–Crippen MR) is 79.0 cm³/mol. The van der Waals surface area contributed by atoms with Gasteiger partial charge in [-0.05, 0) is 31.5 Å².